The molecule has 0 fully saturated rings. The number of amides is 1. The van der Waals surface area contributed by atoms with Crippen LogP contribution in [0.2, 0.25) is 0 Å². The second-order valence-corrected chi connectivity index (χ2v) is 7.54. The predicted octanol–water partition coefficient (Wildman–Crippen LogP) is 4.82. The minimum atomic E-state index is -0.389. The number of methoxy groups -OCH3 is 3. The van der Waals surface area contributed by atoms with Gasteiger partial charge >= 0.3 is 0 Å². The molecule has 0 unspecified atom stereocenters. The molecule has 0 radical (unpaired) electrons. The lowest BCUT2D eigenvalue weighted by Crippen LogP contribution is -2.17. The number of hydrogen-bond acceptors (Lipinski definition) is 6. The van der Waals surface area contributed by atoms with E-state index in [1.165, 1.54) is 20.4 Å². The van der Waals surface area contributed by atoms with Gasteiger partial charge in [-0.15, -0.1) is 0 Å². The fourth-order valence-corrected chi connectivity index (χ4v) is 3.06. The average molecular weight is 499 g/mol. The number of carbonyl (C=O) groups is 1. The maximum atomic E-state index is 12.4. The first-order valence-corrected chi connectivity index (χ1v) is 10.4. The van der Waals surface area contributed by atoms with Crippen LogP contribution in [0, 0.1) is 0 Å². The Morgan fingerprint density at radius 1 is 0.906 bits per heavy atom. The summed E-state index contributed by atoms with van der Waals surface area (Å²) in [5.74, 6) is 1.82. The summed E-state index contributed by atoms with van der Waals surface area (Å²) in [6.07, 6.45) is 1.52. The zero-order chi connectivity index (χ0) is 22.9. The summed E-state index contributed by atoms with van der Waals surface area (Å²) in [5.41, 5.74) is 4.64. The van der Waals surface area contributed by atoms with Gasteiger partial charge in [0.15, 0.2) is 11.5 Å². The van der Waals surface area contributed by atoms with Crippen molar-refractivity contribution in [2.24, 2.45) is 5.10 Å². The molecule has 1 N–H and O–H groups in total. The van der Waals surface area contributed by atoms with E-state index >= 15 is 0 Å². The third-order valence-corrected chi connectivity index (χ3v) is 5.02. The summed E-state index contributed by atoms with van der Waals surface area (Å²) < 4.78 is 22.7. The summed E-state index contributed by atoms with van der Waals surface area (Å²) in [4.78, 5) is 12.4. The maximum absolute atomic E-state index is 12.4. The molecule has 0 aromatic heterocycles. The Hall–Kier alpha value is -3.52. The van der Waals surface area contributed by atoms with Crippen LogP contribution in [0.4, 0.5) is 0 Å². The zero-order valence-corrected chi connectivity index (χ0v) is 19.5. The zero-order valence-electron chi connectivity index (χ0n) is 17.9. The molecule has 1 amide bonds. The molecule has 0 spiro atoms. The van der Waals surface area contributed by atoms with Crippen molar-refractivity contribution >= 4 is 28.1 Å². The number of carbonyl (C=O) groups excluding carboxylic acids is 1. The van der Waals surface area contributed by atoms with Crippen LogP contribution in [0.5, 0.6) is 23.0 Å². The molecule has 3 aromatic rings. The van der Waals surface area contributed by atoms with Gasteiger partial charge in [-0.3, -0.25) is 4.79 Å². The van der Waals surface area contributed by atoms with Gasteiger partial charge in [0.1, 0.15) is 18.1 Å². The minimum absolute atomic E-state index is 0.368. The van der Waals surface area contributed by atoms with Gasteiger partial charge in [0.2, 0.25) is 0 Å². The van der Waals surface area contributed by atoms with Crippen molar-refractivity contribution in [1.82, 2.24) is 5.43 Å². The van der Waals surface area contributed by atoms with Gasteiger partial charge < -0.3 is 18.9 Å². The molecule has 0 saturated heterocycles. The summed E-state index contributed by atoms with van der Waals surface area (Å²) in [6.45, 7) is 0.414. The van der Waals surface area contributed by atoms with Gasteiger partial charge in [-0.1, -0.05) is 28.1 Å². The summed E-state index contributed by atoms with van der Waals surface area (Å²) in [5, 5.41) is 4.03. The first-order chi connectivity index (χ1) is 15.5. The van der Waals surface area contributed by atoms with E-state index < -0.39 is 0 Å². The molecule has 3 rings (SSSR count). The first-order valence-electron chi connectivity index (χ1n) is 9.64. The number of rotatable bonds is 9. The lowest BCUT2D eigenvalue weighted by molar-refractivity contribution is 0.0954. The highest BCUT2D eigenvalue weighted by Gasteiger charge is 2.10. The van der Waals surface area contributed by atoms with Crippen LogP contribution in [0.1, 0.15) is 21.5 Å². The van der Waals surface area contributed by atoms with Gasteiger partial charge in [-0.2, -0.15) is 5.10 Å². The van der Waals surface area contributed by atoms with Crippen LogP contribution in [0.15, 0.2) is 70.2 Å². The molecule has 0 aliphatic rings. The molecule has 0 heterocycles. The van der Waals surface area contributed by atoms with Crippen LogP contribution >= 0.6 is 15.9 Å². The Morgan fingerprint density at radius 3 is 2.22 bits per heavy atom. The Balaban J connectivity index is 1.64. The highest BCUT2D eigenvalue weighted by Crippen LogP contribution is 2.28. The standard InChI is InChI=1S/C24H23BrN2O5/c1-29-20-11-18(12-21(13-20)30-2)24(28)27-26-14-17-6-9-22(23(10-17)31-3)32-15-16-4-7-19(25)8-5-16/h4-14H,15H2,1-3H3,(H,27,28)/b26-14-. The van der Waals surface area contributed by atoms with E-state index in [-0.39, 0.29) is 5.91 Å². The van der Waals surface area contributed by atoms with Gasteiger partial charge in [0, 0.05) is 16.1 Å². The summed E-state index contributed by atoms with van der Waals surface area (Å²) in [7, 11) is 4.61. The molecule has 0 aliphatic heterocycles. The average Bonchev–Trinajstić information content (AvgIpc) is 2.83. The third kappa shape index (κ3) is 6.24. The molecule has 8 heteroatoms. The summed E-state index contributed by atoms with van der Waals surface area (Å²) in [6, 6.07) is 18.2. The molecule has 166 valence electrons. The number of halogens is 1. The quantitative estimate of drug-likeness (QED) is 0.338. The Labute approximate surface area is 195 Å². The SMILES string of the molecule is COc1cc(OC)cc(C(=O)N/N=C\c2ccc(OCc3ccc(Br)cc3)c(OC)c2)c1. The third-order valence-electron chi connectivity index (χ3n) is 4.49. The van der Waals surface area contributed by atoms with E-state index in [2.05, 4.69) is 26.5 Å². The van der Waals surface area contributed by atoms with Crippen molar-refractivity contribution in [1.29, 1.82) is 0 Å². The second kappa shape index (κ2) is 11.2. The Kier molecular flexibility index (Phi) is 8.10. The first kappa shape index (κ1) is 23.1. The molecule has 0 bridgehead atoms. The van der Waals surface area contributed by atoms with Crippen molar-refractivity contribution in [3.05, 3.63) is 81.8 Å². The second-order valence-electron chi connectivity index (χ2n) is 6.63. The van der Waals surface area contributed by atoms with Crippen LogP contribution in [0.25, 0.3) is 0 Å². The van der Waals surface area contributed by atoms with E-state index in [9.17, 15) is 4.79 Å². The highest BCUT2D eigenvalue weighted by atomic mass is 79.9. The Bertz CT molecular complexity index is 1080. The molecule has 0 saturated carbocycles. The van der Waals surface area contributed by atoms with Gasteiger partial charge in [-0.05, 0) is 53.6 Å². The van der Waals surface area contributed by atoms with Crippen molar-refractivity contribution in [3.8, 4) is 23.0 Å². The van der Waals surface area contributed by atoms with E-state index in [0.717, 1.165) is 15.6 Å². The molecule has 32 heavy (non-hydrogen) atoms. The molecular weight excluding hydrogens is 476 g/mol. The predicted molar refractivity (Wildman–Crippen MR) is 126 cm³/mol. The monoisotopic (exact) mass is 498 g/mol. The highest BCUT2D eigenvalue weighted by molar-refractivity contribution is 9.10. The molecule has 0 atom stereocenters. The van der Waals surface area contributed by atoms with Crippen molar-refractivity contribution in [3.63, 3.8) is 0 Å². The van der Waals surface area contributed by atoms with Crippen molar-refractivity contribution < 1.29 is 23.7 Å². The van der Waals surface area contributed by atoms with E-state index in [1.54, 1.807) is 37.4 Å². The smallest absolute Gasteiger partial charge is 0.271 e. The largest absolute Gasteiger partial charge is 0.497 e. The van der Waals surface area contributed by atoms with Crippen LogP contribution < -0.4 is 24.4 Å². The molecular formula is C24H23BrN2O5. The minimum Gasteiger partial charge on any atom is -0.497 e. The van der Waals surface area contributed by atoms with Gasteiger partial charge in [0.05, 0.1) is 27.5 Å². The summed E-state index contributed by atoms with van der Waals surface area (Å²) >= 11 is 3.42. The van der Waals surface area contributed by atoms with E-state index in [0.29, 0.717) is 35.2 Å². The van der Waals surface area contributed by atoms with E-state index in [4.69, 9.17) is 18.9 Å². The topological polar surface area (TPSA) is 78.4 Å². The van der Waals surface area contributed by atoms with Crippen LogP contribution in [-0.2, 0) is 6.61 Å². The van der Waals surface area contributed by atoms with Gasteiger partial charge in [0.25, 0.3) is 5.91 Å². The molecule has 7 nitrogen and oxygen atoms in total. The van der Waals surface area contributed by atoms with Gasteiger partial charge in [-0.25, -0.2) is 5.43 Å². The fourth-order valence-electron chi connectivity index (χ4n) is 2.79. The normalized spacial score (nSPS) is 10.6. The van der Waals surface area contributed by atoms with E-state index in [1.807, 2.05) is 30.3 Å². The van der Waals surface area contributed by atoms with Crippen molar-refractivity contribution in [2.75, 3.05) is 21.3 Å². The Morgan fingerprint density at radius 2 is 1.59 bits per heavy atom. The number of hydrazone groups is 1. The molecule has 0 aliphatic carbocycles. The van der Waals surface area contributed by atoms with Crippen LogP contribution in [-0.4, -0.2) is 33.5 Å². The van der Waals surface area contributed by atoms with Crippen molar-refractivity contribution in [2.45, 2.75) is 6.61 Å². The maximum Gasteiger partial charge on any atom is 0.271 e. The number of hydrogen-bond donors (Lipinski definition) is 1. The van der Waals surface area contributed by atoms with Crippen LogP contribution in [0.3, 0.4) is 0 Å². The number of nitrogens with zero attached hydrogens (tertiary/aromatic N) is 1. The number of ether oxygens (including phenoxy) is 4. The molecule has 3 aromatic carbocycles. The number of nitrogens with one attached hydrogen (secondary N) is 1. The number of benzene rings is 3. The fraction of sp³-hybridized carbons (Fsp3) is 0.167. The lowest BCUT2D eigenvalue weighted by Gasteiger charge is -2.11. The lowest BCUT2D eigenvalue weighted by atomic mass is 10.2.